The van der Waals surface area contributed by atoms with E-state index in [9.17, 15) is 9.90 Å². The highest BCUT2D eigenvalue weighted by Crippen LogP contribution is 2.20. The van der Waals surface area contributed by atoms with Crippen molar-refractivity contribution in [3.05, 3.63) is 17.5 Å². The Morgan fingerprint density at radius 3 is 3.12 bits per heavy atom. The van der Waals surface area contributed by atoms with Crippen LogP contribution >= 0.6 is 0 Å². The van der Waals surface area contributed by atoms with Gasteiger partial charge in [-0.25, -0.2) is 0 Å². The Morgan fingerprint density at radius 2 is 2.50 bits per heavy atom. The fraction of sp³-hybridized carbons (Fsp3) is 0.636. The molecule has 88 valence electrons. The number of hydrogen-bond acceptors (Lipinski definition) is 4. The minimum Gasteiger partial charge on any atom is -0.394 e. The minimum absolute atomic E-state index is 0.0128. The number of aryl methyl sites for hydroxylation is 1. The molecule has 1 unspecified atom stereocenters. The maximum absolute atomic E-state index is 12.1. The van der Waals surface area contributed by atoms with Crippen LogP contribution in [0.1, 0.15) is 35.4 Å². The first kappa shape index (κ1) is 11.1. The molecule has 1 atom stereocenters. The van der Waals surface area contributed by atoms with Crippen LogP contribution in [-0.2, 0) is 0 Å². The molecule has 16 heavy (non-hydrogen) atoms. The SMILES string of the molecule is Cc1cnoc1C(=O)N1CCCCC1CO. The van der Waals surface area contributed by atoms with Gasteiger partial charge in [0, 0.05) is 12.1 Å². The molecule has 1 fully saturated rings. The Bertz CT molecular complexity index is 375. The summed E-state index contributed by atoms with van der Waals surface area (Å²) in [6, 6.07) is -0.0780. The van der Waals surface area contributed by atoms with Crippen molar-refractivity contribution in [3.8, 4) is 0 Å². The molecule has 1 aliphatic heterocycles. The Morgan fingerprint density at radius 1 is 1.69 bits per heavy atom. The third kappa shape index (κ3) is 1.95. The first-order chi connectivity index (χ1) is 7.74. The third-order valence-electron chi connectivity index (χ3n) is 3.04. The van der Waals surface area contributed by atoms with E-state index in [1.54, 1.807) is 11.8 Å². The molecular formula is C11H16N2O3. The van der Waals surface area contributed by atoms with Gasteiger partial charge in [0.2, 0.25) is 5.76 Å². The molecule has 1 aromatic rings. The molecule has 5 nitrogen and oxygen atoms in total. The lowest BCUT2D eigenvalue weighted by Crippen LogP contribution is -2.45. The van der Waals surface area contributed by atoms with Gasteiger partial charge in [-0.05, 0) is 26.2 Å². The number of aliphatic hydroxyl groups is 1. The minimum atomic E-state index is -0.159. The molecule has 5 heteroatoms. The molecule has 2 heterocycles. The zero-order valence-electron chi connectivity index (χ0n) is 9.35. The number of hydrogen-bond donors (Lipinski definition) is 1. The first-order valence-electron chi connectivity index (χ1n) is 5.57. The van der Waals surface area contributed by atoms with Crippen molar-refractivity contribution in [2.75, 3.05) is 13.2 Å². The van der Waals surface area contributed by atoms with Gasteiger partial charge in [0.1, 0.15) is 0 Å². The van der Waals surface area contributed by atoms with Crippen molar-refractivity contribution in [1.82, 2.24) is 10.1 Å². The van der Waals surface area contributed by atoms with Gasteiger partial charge in [0.05, 0.1) is 18.8 Å². The van der Waals surface area contributed by atoms with Crippen LogP contribution in [-0.4, -0.2) is 40.3 Å². The predicted octanol–water partition coefficient (Wildman–Crippen LogP) is 0.970. The number of aromatic nitrogens is 1. The monoisotopic (exact) mass is 224 g/mol. The van der Waals surface area contributed by atoms with Gasteiger partial charge in [-0.2, -0.15) is 0 Å². The number of nitrogens with zero attached hydrogens (tertiary/aromatic N) is 2. The molecule has 0 bridgehead atoms. The summed E-state index contributed by atoms with van der Waals surface area (Å²) in [4.78, 5) is 13.8. The highest BCUT2D eigenvalue weighted by molar-refractivity contribution is 5.92. The summed E-state index contributed by atoms with van der Waals surface area (Å²) in [7, 11) is 0. The summed E-state index contributed by atoms with van der Waals surface area (Å²) < 4.78 is 4.95. The highest BCUT2D eigenvalue weighted by Gasteiger charge is 2.29. The van der Waals surface area contributed by atoms with Gasteiger partial charge in [-0.3, -0.25) is 4.79 Å². The molecule has 1 aliphatic rings. The fourth-order valence-corrected chi connectivity index (χ4v) is 2.08. The van der Waals surface area contributed by atoms with E-state index in [-0.39, 0.29) is 18.6 Å². The van der Waals surface area contributed by atoms with Crippen LogP contribution in [0.15, 0.2) is 10.7 Å². The predicted molar refractivity (Wildman–Crippen MR) is 57.0 cm³/mol. The molecule has 1 N–H and O–H groups in total. The largest absolute Gasteiger partial charge is 0.394 e. The van der Waals surface area contributed by atoms with E-state index in [0.717, 1.165) is 24.8 Å². The molecule has 0 aromatic carbocycles. The van der Waals surface area contributed by atoms with E-state index in [0.29, 0.717) is 12.3 Å². The quantitative estimate of drug-likeness (QED) is 0.812. The molecule has 1 saturated heterocycles. The summed E-state index contributed by atoms with van der Waals surface area (Å²) in [5, 5.41) is 12.8. The number of rotatable bonds is 2. The van der Waals surface area contributed by atoms with Crippen LogP contribution < -0.4 is 0 Å². The maximum Gasteiger partial charge on any atom is 0.293 e. The number of likely N-dealkylation sites (tertiary alicyclic amines) is 1. The standard InChI is InChI=1S/C11H16N2O3/c1-8-6-12-16-10(8)11(15)13-5-3-2-4-9(13)7-14/h6,9,14H,2-5,7H2,1H3. The van der Waals surface area contributed by atoms with E-state index < -0.39 is 0 Å². The maximum atomic E-state index is 12.1. The van der Waals surface area contributed by atoms with Gasteiger partial charge < -0.3 is 14.5 Å². The van der Waals surface area contributed by atoms with Crippen molar-refractivity contribution in [3.63, 3.8) is 0 Å². The normalized spacial score (nSPS) is 21.1. The van der Waals surface area contributed by atoms with E-state index in [1.807, 2.05) is 0 Å². The Labute approximate surface area is 94.0 Å². The van der Waals surface area contributed by atoms with Crippen LogP contribution in [0.2, 0.25) is 0 Å². The second-order valence-corrected chi connectivity index (χ2v) is 4.17. The average molecular weight is 224 g/mol. The summed E-state index contributed by atoms with van der Waals surface area (Å²) in [5.74, 6) is 0.133. The van der Waals surface area contributed by atoms with Crippen molar-refractivity contribution < 1.29 is 14.4 Å². The number of aliphatic hydroxyl groups excluding tert-OH is 1. The first-order valence-corrected chi connectivity index (χ1v) is 5.57. The average Bonchev–Trinajstić information content (AvgIpc) is 2.74. The van der Waals surface area contributed by atoms with Crippen molar-refractivity contribution >= 4 is 5.91 Å². The van der Waals surface area contributed by atoms with Crippen molar-refractivity contribution in [2.24, 2.45) is 0 Å². The summed E-state index contributed by atoms with van der Waals surface area (Å²) in [6.45, 7) is 2.49. The number of carbonyl (C=O) groups is 1. The molecular weight excluding hydrogens is 208 g/mol. The second kappa shape index (κ2) is 4.65. The fourth-order valence-electron chi connectivity index (χ4n) is 2.08. The lowest BCUT2D eigenvalue weighted by Gasteiger charge is -2.33. The van der Waals surface area contributed by atoms with E-state index in [2.05, 4.69) is 5.16 Å². The molecule has 0 aliphatic carbocycles. The topological polar surface area (TPSA) is 66.6 Å². The number of carbonyl (C=O) groups excluding carboxylic acids is 1. The van der Waals surface area contributed by atoms with Gasteiger partial charge in [0.15, 0.2) is 0 Å². The molecule has 0 saturated carbocycles. The summed E-state index contributed by atoms with van der Waals surface area (Å²) >= 11 is 0. The lowest BCUT2D eigenvalue weighted by atomic mass is 10.0. The van der Waals surface area contributed by atoms with Crippen LogP contribution in [0, 0.1) is 6.92 Å². The highest BCUT2D eigenvalue weighted by atomic mass is 16.5. The number of piperidine rings is 1. The van der Waals surface area contributed by atoms with Gasteiger partial charge in [-0.1, -0.05) is 5.16 Å². The molecule has 0 spiro atoms. The molecule has 0 radical (unpaired) electrons. The zero-order chi connectivity index (χ0) is 11.5. The van der Waals surface area contributed by atoms with Gasteiger partial charge in [0.25, 0.3) is 5.91 Å². The lowest BCUT2D eigenvalue weighted by molar-refractivity contribution is 0.0463. The Kier molecular flexibility index (Phi) is 3.24. The number of amides is 1. The third-order valence-corrected chi connectivity index (χ3v) is 3.04. The summed E-state index contributed by atoms with van der Waals surface area (Å²) in [6.07, 6.45) is 4.43. The second-order valence-electron chi connectivity index (χ2n) is 4.17. The van der Waals surface area contributed by atoms with Crippen LogP contribution in [0.5, 0.6) is 0 Å². The van der Waals surface area contributed by atoms with Crippen LogP contribution in [0.25, 0.3) is 0 Å². The van der Waals surface area contributed by atoms with Gasteiger partial charge >= 0.3 is 0 Å². The van der Waals surface area contributed by atoms with Crippen molar-refractivity contribution in [1.29, 1.82) is 0 Å². The van der Waals surface area contributed by atoms with Crippen molar-refractivity contribution in [2.45, 2.75) is 32.2 Å². The zero-order valence-corrected chi connectivity index (χ0v) is 9.35. The van der Waals surface area contributed by atoms with Crippen LogP contribution in [0.4, 0.5) is 0 Å². The summed E-state index contributed by atoms with van der Waals surface area (Å²) in [5.41, 5.74) is 0.743. The van der Waals surface area contributed by atoms with E-state index >= 15 is 0 Å². The Hall–Kier alpha value is -1.36. The molecule has 1 amide bonds. The van der Waals surface area contributed by atoms with E-state index in [1.165, 1.54) is 6.20 Å². The van der Waals surface area contributed by atoms with Crippen LogP contribution in [0.3, 0.4) is 0 Å². The molecule has 1 aromatic heterocycles. The van der Waals surface area contributed by atoms with Gasteiger partial charge in [-0.15, -0.1) is 0 Å². The Balaban J connectivity index is 2.17. The van der Waals surface area contributed by atoms with E-state index in [4.69, 9.17) is 4.52 Å². The molecule has 2 rings (SSSR count). The smallest absolute Gasteiger partial charge is 0.293 e.